The van der Waals surface area contributed by atoms with E-state index in [0.29, 0.717) is 16.9 Å². The van der Waals surface area contributed by atoms with Crippen molar-refractivity contribution in [3.05, 3.63) is 53.5 Å². The molecule has 1 heterocycles. The molecule has 5 heteroatoms. The topological polar surface area (TPSA) is 83.5 Å². The van der Waals surface area contributed by atoms with Gasteiger partial charge in [-0.25, -0.2) is 4.79 Å². The number of carboxylic acids is 1. The Hall–Kier alpha value is -2.74. The minimum atomic E-state index is -1.13. The van der Waals surface area contributed by atoms with Crippen LogP contribution >= 0.6 is 0 Å². The smallest absolute Gasteiger partial charge is 0.372 e. The van der Waals surface area contributed by atoms with Gasteiger partial charge in [0.25, 0.3) is 0 Å². The number of carbonyl (C=O) groups is 1. The summed E-state index contributed by atoms with van der Waals surface area (Å²) < 4.78 is 10.2. The van der Waals surface area contributed by atoms with Crippen LogP contribution in [-0.4, -0.2) is 11.1 Å². The number of nitrogens with zero attached hydrogens (tertiary/aromatic N) is 1. The molecule has 0 atom stereocenters. The number of rotatable bonds is 4. The predicted octanol–water partition coefficient (Wildman–Crippen LogP) is 2.43. The Morgan fingerprint density at radius 2 is 2.28 bits per heavy atom. The summed E-state index contributed by atoms with van der Waals surface area (Å²) in [4.78, 5) is 10.8. The lowest BCUT2D eigenvalue weighted by atomic mass is 10.2. The zero-order valence-electron chi connectivity index (χ0n) is 9.29. The van der Waals surface area contributed by atoms with Gasteiger partial charge in [0.15, 0.2) is 0 Å². The van der Waals surface area contributed by atoms with E-state index in [9.17, 15) is 4.79 Å². The summed E-state index contributed by atoms with van der Waals surface area (Å²) in [6, 6.07) is 10.2. The molecule has 0 bridgehead atoms. The average Bonchev–Trinajstić information content (AvgIpc) is 2.85. The van der Waals surface area contributed by atoms with Crippen LogP contribution in [0, 0.1) is 11.3 Å². The zero-order valence-corrected chi connectivity index (χ0v) is 9.29. The van der Waals surface area contributed by atoms with Crippen molar-refractivity contribution in [1.29, 1.82) is 5.26 Å². The van der Waals surface area contributed by atoms with Crippen LogP contribution in [0.2, 0.25) is 0 Å². The second-order valence-electron chi connectivity index (χ2n) is 3.51. The quantitative estimate of drug-likeness (QED) is 0.891. The van der Waals surface area contributed by atoms with E-state index >= 15 is 0 Å². The maximum atomic E-state index is 10.8. The van der Waals surface area contributed by atoms with Gasteiger partial charge in [-0.3, -0.25) is 0 Å². The Kier molecular flexibility index (Phi) is 3.30. The number of hydrogen-bond donors (Lipinski definition) is 1. The number of furan rings is 1. The first-order chi connectivity index (χ1) is 8.70. The molecule has 2 aromatic rings. The fraction of sp³-hybridized carbons (Fsp3) is 0.0769. The average molecular weight is 243 g/mol. The second-order valence-corrected chi connectivity index (χ2v) is 3.51. The van der Waals surface area contributed by atoms with Crippen LogP contribution in [-0.2, 0) is 6.61 Å². The van der Waals surface area contributed by atoms with Crippen molar-refractivity contribution >= 4 is 5.97 Å². The molecule has 0 aliphatic rings. The maximum absolute atomic E-state index is 10.8. The van der Waals surface area contributed by atoms with E-state index in [1.807, 2.05) is 6.07 Å². The number of benzene rings is 1. The van der Waals surface area contributed by atoms with Crippen LogP contribution in [0.5, 0.6) is 5.75 Å². The lowest BCUT2D eigenvalue weighted by Crippen LogP contribution is -2.02. The number of carboxylic acid groups (broad SMARTS) is 1. The van der Waals surface area contributed by atoms with Crippen LogP contribution in [0.3, 0.4) is 0 Å². The molecule has 0 saturated heterocycles. The molecule has 90 valence electrons. The van der Waals surface area contributed by atoms with Crippen LogP contribution < -0.4 is 4.74 Å². The normalized spacial score (nSPS) is 9.72. The van der Waals surface area contributed by atoms with Crippen molar-refractivity contribution in [3.63, 3.8) is 0 Å². The third kappa shape index (κ3) is 2.50. The van der Waals surface area contributed by atoms with Gasteiger partial charge in [-0.2, -0.15) is 5.26 Å². The Morgan fingerprint density at radius 1 is 1.44 bits per heavy atom. The van der Waals surface area contributed by atoms with E-state index in [1.54, 1.807) is 24.3 Å². The van der Waals surface area contributed by atoms with Crippen molar-refractivity contribution < 1.29 is 19.1 Å². The van der Waals surface area contributed by atoms with Crippen molar-refractivity contribution in [3.8, 4) is 11.8 Å². The van der Waals surface area contributed by atoms with Crippen molar-refractivity contribution in [1.82, 2.24) is 0 Å². The molecule has 0 fully saturated rings. The van der Waals surface area contributed by atoms with Crippen molar-refractivity contribution in [2.75, 3.05) is 0 Å². The number of hydrogen-bond acceptors (Lipinski definition) is 4. The number of ether oxygens (including phenoxy) is 1. The fourth-order valence-electron chi connectivity index (χ4n) is 1.45. The molecule has 0 spiro atoms. The van der Waals surface area contributed by atoms with Gasteiger partial charge in [0.1, 0.15) is 12.4 Å². The molecule has 0 unspecified atom stereocenters. The SMILES string of the molecule is N#Cc1cccc(OCc2ccoc2C(=O)O)c1. The molecule has 0 amide bonds. The number of aromatic carboxylic acids is 1. The first-order valence-corrected chi connectivity index (χ1v) is 5.13. The van der Waals surface area contributed by atoms with Gasteiger partial charge in [-0.15, -0.1) is 0 Å². The second kappa shape index (κ2) is 5.06. The molecule has 18 heavy (non-hydrogen) atoms. The summed E-state index contributed by atoms with van der Waals surface area (Å²) in [6.07, 6.45) is 1.30. The van der Waals surface area contributed by atoms with Crippen molar-refractivity contribution in [2.24, 2.45) is 0 Å². The van der Waals surface area contributed by atoms with Gasteiger partial charge in [0, 0.05) is 5.56 Å². The van der Waals surface area contributed by atoms with Crippen molar-refractivity contribution in [2.45, 2.75) is 6.61 Å². The summed E-state index contributed by atoms with van der Waals surface area (Å²) in [6.45, 7) is 0.0764. The van der Waals surface area contributed by atoms with Crippen LogP contribution in [0.25, 0.3) is 0 Å². The Morgan fingerprint density at radius 3 is 3.00 bits per heavy atom. The molecule has 2 rings (SSSR count). The minimum Gasteiger partial charge on any atom is -0.489 e. The lowest BCUT2D eigenvalue weighted by Gasteiger charge is -2.05. The molecule has 1 aromatic carbocycles. The fourth-order valence-corrected chi connectivity index (χ4v) is 1.45. The first kappa shape index (κ1) is 11.7. The van der Waals surface area contributed by atoms with Gasteiger partial charge >= 0.3 is 5.97 Å². The first-order valence-electron chi connectivity index (χ1n) is 5.13. The van der Waals surface area contributed by atoms with Crippen LogP contribution in [0.15, 0.2) is 41.0 Å². The zero-order chi connectivity index (χ0) is 13.0. The van der Waals surface area contributed by atoms with E-state index < -0.39 is 5.97 Å². The molecule has 0 aliphatic carbocycles. The van der Waals surface area contributed by atoms with Crippen LogP contribution in [0.4, 0.5) is 0 Å². The highest BCUT2D eigenvalue weighted by Gasteiger charge is 2.14. The van der Waals surface area contributed by atoms with Gasteiger partial charge < -0.3 is 14.3 Å². The molecular formula is C13H9NO4. The molecule has 5 nitrogen and oxygen atoms in total. The van der Waals surface area contributed by atoms with E-state index in [0.717, 1.165) is 0 Å². The molecule has 0 aliphatic heterocycles. The van der Waals surface area contributed by atoms with Gasteiger partial charge in [0.2, 0.25) is 5.76 Å². The summed E-state index contributed by atoms with van der Waals surface area (Å²) in [5.41, 5.74) is 0.933. The Labute approximate surface area is 103 Å². The van der Waals surface area contributed by atoms with E-state index in [-0.39, 0.29) is 12.4 Å². The minimum absolute atomic E-state index is 0.0764. The lowest BCUT2D eigenvalue weighted by molar-refractivity contribution is 0.0658. The number of nitriles is 1. The summed E-state index contributed by atoms with van der Waals surface area (Å²) in [7, 11) is 0. The molecule has 0 saturated carbocycles. The maximum Gasteiger partial charge on any atom is 0.372 e. The third-order valence-electron chi connectivity index (χ3n) is 2.30. The van der Waals surface area contributed by atoms with Gasteiger partial charge in [-0.1, -0.05) is 6.07 Å². The standard InChI is InChI=1S/C13H9NO4/c14-7-9-2-1-3-11(6-9)18-8-10-4-5-17-12(10)13(15)16/h1-6H,8H2,(H,15,16). The third-order valence-corrected chi connectivity index (χ3v) is 2.30. The summed E-state index contributed by atoms with van der Waals surface area (Å²) in [5.74, 6) is -0.762. The van der Waals surface area contributed by atoms with Gasteiger partial charge in [0.05, 0.1) is 17.9 Å². The van der Waals surface area contributed by atoms with Gasteiger partial charge in [-0.05, 0) is 24.3 Å². The highest BCUT2D eigenvalue weighted by atomic mass is 16.5. The molecule has 1 N–H and O–H groups in total. The van der Waals surface area contributed by atoms with E-state index in [1.165, 1.54) is 12.3 Å². The summed E-state index contributed by atoms with van der Waals surface area (Å²) in [5, 5.41) is 17.6. The largest absolute Gasteiger partial charge is 0.489 e. The molecular weight excluding hydrogens is 234 g/mol. The molecule has 0 radical (unpaired) electrons. The Bertz CT molecular complexity index is 609. The van der Waals surface area contributed by atoms with E-state index in [2.05, 4.69) is 0 Å². The Balaban J connectivity index is 2.09. The molecule has 1 aromatic heterocycles. The van der Waals surface area contributed by atoms with E-state index in [4.69, 9.17) is 19.5 Å². The highest BCUT2D eigenvalue weighted by molar-refractivity contribution is 5.86. The monoisotopic (exact) mass is 243 g/mol. The highest BCUT2D eigenvalue weighted by Crippen LogP contribution is 2.17. The van der Waals surface area contributed by atoms with Crippen LogP contribution in [0.1, 0.15) is 21.7 Å². The summed E-state index contributed by atoms with van der Waals surface area (Å²) >= 11 is 0. The predicted molar refractivity (Wildman–Crippen MR) is 61.2 cm³/mol.